The highest BCUT2D eigenvalue weighted by Gasteiger charge is 2.28. The molecule has 1 aliphatic rings. The third kappa shape index (κ3) is 3.27. The molecule has 112 valence electrons. The maximum absolute atomic E-state index is 10.7. The van der Waals surface area contributed by atoms with Crippen LogP contribution in [0.3, 0.4) is 0 Å². The summed E-state index contributed by atoms with van der Waals surface area (Å²) in [5.74, 6) is 0.688. The molecule has 0 amide bonds. The van der Waals surface area contributed by atoms with Crippen LogP contribution < -0.4 is 5.32 Å². The monoisotopic (exact) mass is 305 g/mol. The number of halogens is 1. The minimum atomic E-state index is -0.640. The third-order valence-corrected chi connectivity index (χ3v) is 4.54. The Balaban J connectivity index is 1.80. The van der Waals surface area contributed by atoms with Crippen LogP contribution in [0, 0.1) is 0 Å². The van der Waals surface area contributed by atoms with Crippen LogP contribution in [-0.2, 0) is 0 Å². The molecule has 0 saturated heterocycles. The van der Waals surface area contributed by atoms with Crippen molar-refractivity contribution in [3.05, 3.63) is 29.4 Å². The summed E-state index contributed by atoms with van der Waals surface area (Å²) in [5, 5.41) is 24.3. The first-order valence-corrected chi connectivity index (χ1v) is 7.93. The Kier molecular flexibility index (Phi) is 4.27. The fourth-order valence-electron chi connectivity index (χ4n) is 3.01. The van der Waals surface area contributed by atoms with Crippen LogP contribution in [0.25, 0.3) is 10.8 Å². The fraction of sp³-hybridized carbons (Fsp3) is 0.500. The Bertz CT molecular complexity index is 624. The summed E-state index contributed by atoms with van der Waals surface area (Å²) < 4.78 is 0. The van der Waals surface area contributed by atoms with Crippen molar-refractivity contribution < 1.29 is 5.11 Å². The quantitative estimate of drug-likeness (QED) is 0.847. The molecule has 3 rings (SSSR count). The van der Waals surface area contributed by atoms with Crippen molar-refractivity contribution in [1.29, 1.82) is 0 Å². The Morgan fingerprint density at radius 3 is 2.43 bits per heavy atom. The standard InChI is InChI=1S/C16H20ClN3O/c17-14-12-7-3-4-8-13(12)15(20-19-14)18-11-16(21)9-5-1-2-6-10-16/h3-4,7-8,21H,1-2,5-6,9-11H2,(H,18,20). The summed E-state index contributed by atoms with van der Waals surface area (Å²) in [5.41, 5.74) is -0.640. The maximum atomic E-state index is 10.7. The molecule has 1 heterocycles. The summed E-state index contributed by atoms with van der Waals surface area (Å²) in [4.78, 5) is 0. The lowest BCUT2D eigenvalue weighted by atomic mass is 9.94. The van der Waals surface area contributed by atoms with E-state index in [1.54, 1.807) is 0 Å². The van der Waals surface area contributed by atoms with Gasteiger partial charge in [-0.1, -0.05) is 61.5 Å². The van der Waals surface area contributed by atoms with Gasteiger partial charge in [-0.3, -0.25) is 0 Å². The predicted octanol–water partition coefficient (Wildman–Crippen LogP) is 3.78. The molecule has 1 aliphatic carbocycles. The number of nitrogens with zero attached hydrogens (tertiary/aromatic N) is 2. The second kappa shape index (κ2) is 6.16. The molecular formula is C16H20ClN3O. The lowest BCUT2D eigenvalue weighted by molar-refractivity contribution is 0.0381. The predicted molar refractivity (Wildman–Crippen MR) is 85.7 cm³/mol. The maximum Gasteiger partial charge on any atom is 0.159 e. The summed E-state index contributed by atoms with van der Waals surface area (Å²) in [6.45, 7) is 0.507. The number of benzene rings is 1. The number of aliphatic hydroxyl groups is 1. The van der Waals surface area contributed by atoms with Crippen molar-refractivity contribution in [2.75, 3.05) is 11.9 Å². The summed E-state index contributed by atoms with van der Waals surface area (Å²) in [7, 11) is 0. The molecule has 0 atom stereocenters. The lowest BCUT2D eigenvalue weighted by Gasteiger charge is -2.27. The van der Waals surface area contributed by atoms with Crippen LogP contribution in [0.2, 0.25) is 5.15 Å². The summed E-state index contributed by atoms with van der Waals surface area (Å²) >= 11 is 6.08. The Morgan fingerprint density at radius 1 is 1.05 bits per heavy atom. The number of hydrogen-bond donors (Lipinski definition) is 2. The van der Waals surface area contributed by atoms with E-state index in [-0.39, 0.29) is 0 Å². The lowest BCUT2D eigenvalue weighted by Crippen LogP contribution is -2.36. The molecule has 0 spiro atoms. The highest BCUT2D eigenvalue weighted by Crippen LogP contribution is 2.29. The van der Waals surface area contributed by atoms with E-state index in [4.69, 9.17) is 11.6 Å². The number of anilines is 1. The van der Waals surface area contributed by atoms with Crippen molar-refractivity contribution in [3.63, 3.8) is 0 Å². The first-order chi connectivity index (χ1) is 10.2. The van der Waals surface area contributed by atoms with E-state index in [1.807, 2.05) is 24.3 Å². The van der Waals surface area contributed by atoms with Gasteiger partial charge in [-0.2, -0.15) is 0 Å². The zero-order valence-electron chi connectivity index (χ0n) is 12.0. The summed E-state index contributed by atoms with van der Waals surface area (Å²) in [6, 6.07) is 7.78. The molecule has 0 unspecified atom stereocenters. The Hall–Kier alpha value is -1.39. The molecule has 2 N–H and O–H groups in total. The van der Waals surface area contributed by atoms with Crippen molar-refractivity contribution in [2.24, 2.45) is 0 Å². The van der Waals surface area contributed by atoms with E-state index in [9.17, 15) is 5.11 Å². The van der Waals surface area contributed by atoms with Crippen LogP contribution in [0.1, 0.15) is 38.5 Å². The van der Waals surface area contributed by atoms with Crippen LogP contribution in [0.5, 0.6) is 0 Å². The number of nitrogens with one attached hydrogen (secondary N) is 1. The van der Waals surface area contributed by atoms with E-state index in [0.29, 0.717) is 17.5 Å². The molecule has 2 aromatic rings. The van der Waals surface area contributed by atoms with Gasteiger partial charge in [0, 0.05) is 17.3 Å². The fourth-order valence-corrected chi connectivity index (χ4v) is 3.22. The van der Waals surface area contributed by atoms with Crippen LogP contribution in [0.15, 0.2) is 24.3 Å². The molecular weight excluding hydrogens is 286 g/mol. The molecule has 1 fully saturated rings. The van der Waals surface area contributed by atoms with Gasteiger partial charge in [-0.25, -0.2) is 0 Å². The molecule has 1 saturated carbocycles. The van der Waals surface area contributed by atoms with Crippen LogP contribution in [-0.4, -0.2) is 27.4 Å². The number of aromatic nitrogens is 2. The second-order valence-electron chi connectivity index (χ2n) is 5.88. The van der Waals surface area contributed by atoms with E-state index in [1.165, 1.54) is 12.8 Å². The van der Waals surface area contributed by atoms with Gasteiger partial charge in [-0.15, -0.1) is 10.2 Å². The van der Waals surface area contributed by atoms with Gasteiger partial charge in [0.15, 0.2) is 11.0 Å². The Morgan fingerprint density at radius 2 is 1.71 bits per heavy atom. The molecule has 1 aromatic heterocycles. The normalized spacial score (nSPS) is 18.4. The van der Waals surface area contributed by atoms with Crippen LogP contribution >= 0.6 is 11.6 Å². The number of fused-ring (bicyclic) bond motifs is 1. The van der Waals surface area contributed by atoms with Gasteiger partial charge < -0.3 is 10.4 Å². The first-order valence-electron chi connectivity index (χ1n) is 7.55. The van der Waals surface area contributed by atoms with Gasteiger partial charge in [0.05, 0.1) is 5.60 Å². The van der Waals surface area contributed by atoms with Crippen molar-refractivity contribution in [2.45, 2.75) is 44.1 Å². The average molecular weight is 306 g/mol. The highest BCUT2D eigenvalue weighted by molar-refractivity contribution is 6.34. The number of rotatable bonds is 3. The molecule has 5 heteroatoms. The van der Waals surface area contributed by atoms with E-state index in [0.717, 1.165) is 36.5 Å². The summed E-state index contributed by atoms with van der Waals surface area (Å²) in [6.07, 6.45) is 6.30. The zero-order chi connectivity index (χ0) is 14.7. The first kappa shape index (κ1) is 14.5. The molecule has 4 nitrogen and oxygen atoms in total. The molecule has 0 radical (unpaired) electrons. The van der Waals surface area contributed by atoms with Gasteiger partial charge in [0.25, 0.3) is 0 Å². The molecule has 0 bridgehead atoms. The highest BCUT2D eigenvalue weighted by atomic mass is 35.5. The largest absolute Gasteiger partial charge is 0.388 e. The van der Waals surface area contributed by atoms with Crippen molar-refractivity contribution >= 4 is 28.2 Å². The van der Waals surface area contributed by atoms with Gasteiger partial charge in [0.1, 0.15) is 0 Å². The van der Waals surface area contributed by atoms with Gasteiger partial charge >= 0.3 is 0 Å². The topological polar surface area (TPSA) is 58.0 Å². The smallest absolute Gasteiger partial charge is 0.159 e. The zero-order valence-corrected chi connectivity index (χ0v) is 12.7. The van der Waals surface area contributed by atoms with E-state index >= 15 is 0 Å². The van der Waals surface area contributed by atoms with Crippen molar-refractivity contribution in [1.82, 2.24) is 10.2 Å². The third-order valence-electron chi connectivity index (χ3n) is 4.26. The Labute approximate surface area is 129 Å². The van der Waals surface area contributed by atoms with Crippen molar-refractivity contribution in [3.8, 4) is 0 Å². The molecule has 21 heavy (non-hydrogen) atoms. The SMILES string of the molecule is OC1(CNc2nnc(Cl)c3ccccc23)CCCCCC1. The van der Waals surface area contributed by atoms with Crippen LogP contribution in [0.4, 0.5) is 5.82 Å². The van der Waals surface area contributed by atoms with E-state index in [2.05, 4.69) is 15.5 Å². The number of hydrogen-bond acceptors (Lipinski definition) is 4. The molecule has 0 aliphatic heterocycles. The molecule has 1 aromatic carbocycles. The van der Waals surface area contributed by atoms with E-state index < -0.39 is 5.60 Å². The minimum Gasteiger partial charge on any atom is -0.388 e. The second-order valence-corrected chi connectivity index (χ2v) is 6.24. The minimum absolute atomic E-state index is 0.407. The average Bonchev–Trinajstić information content (AvgIpc) is 2.72. The van der Waals surface area contributed by atoms with Gasteiger partial charge in [0.2, 0.25) is 0 Å². The van der Waals surface area contributed by atoms with Gasteiger partial charge in [-0.05, 0) is 12.8 Å².